The third kappa shape index (κ3) is 4.57. The summed E-state index contributed by atoms with van der Waals surface area (Å²) in [5.41, 5.74) is 0.933. The first-order chi connectivity index (χ1) is 10.8. The van der Waals surface area contributed by atoms with Crippen molar-refractivity contribution in [2.24, 2.45) is 0 Å². The van der Waals surface area contributed by atoms with Crippen LogP contribution in [0.25, 0.3) is 0 Å². The number of benzene rings is 1. The normalized spacial score (nSPS) is 11.1. The van der Waals surface area contributed by atoms with Crippen molar-refractivity contribution >= 4 is 17.5 Å². The molecule has 0 radical (unpaired) electrons. The Balaban J connectivity index is 2.03. The van der Waals surface area contributed by atoms with Crippen LogP contribution in [-0.4, -0.2) is 21.2 Å². The van der Waals surface area contributed by atoms with Gasteiger partial charge in [0.15, 0.2) is 0 Å². The molecule has 1 N–H and O–H groups in total. The van der Waals surface area contributed by atoms with Crippen molar-refractivity contribution < 1.29 is 14.5 Å². The van der Waals surface area contributed by atoms with Crippen molar-refractivity contribution in [3.8, 4) is 0 Å². The average molecular weight is 317 g/mol. The van der Waals surface area contributed by atoms with Gasteiger partial charge >= 0.3 is 6.09 Å². The molecule has 2 rings (SSSR count). The number of rotatable bonds is 4. The summed E-state index contributed by atoms with van der Waals surface area (Å²) in [4.78, 5) is 22.3. The number of aromatic nitrogens is 1. The SMILES string of the molecule is CC(C)(C)OC(=O)n1cccc1CNc1ccc([N+](=O)[O-])cc1. The lowest BCUT2D eigenvalue weighted by Crippen LogP contribution is -2.28. The maximum Gasteiger partial charge on any atom is 0.418 e. The zero-order chi connectivity index (χ0) is 17.0. The Morgan fingerprint density at radius 2 is 1.91 bits per heavy atom. The molecule has 1 heterocycles. The monoisotopic (exact) mass is 317 g/mol. The van der Waals surface area contributed by atoms with Gasteiger partial charge in [0.1, 0.15) is 5.60 Å². The molecule has 122 valence electrons. The smallest absolute Gasteiger partial charge is 0.418 e. The zero-order valence-corrected chi connectivity index (χ0v) is 13.3. The van der Waals surface area contributed by atoms with E-state index in [2.05, 4.69) is 5.32 Å². The highest BCUT2D eigenvalue weighted by atomic mass is 16.6. The van der Waals surface area contributed by atoms with Crippen LogP contribution >= 0.6 is 0 Å². The summed E-state index contributed by atoms with van der Waals surface area (Å²) in [7, 11) is 0. The van der Waals surface area contributed by atoms with Gasteiger partial charge < -0.3 is 10.1 Å². The van der Waals surface area contributed by atoms with Gasteiger partial charge in [-0.2, -0.15) is 0 Å². The largest absolute Gasteiger partial charge is 0.443 e. The van der Waals surface area contributed by atoms with Crippen LogP contribution in [0.3, 0.4) is 0 Å². The Morgan fingerprint density at radius 3 is 2.48 bits per heavy atom. The minimum absolute atomic E-state index is 0.0349. The van der Waals surface area contributed by atoms with E-state index in [1.54, 1.807) is 24.4 Å². The molecular formula is C16H19N3O4. The van der Waals surface area contributed by atoms with Crippen molar-refractivity contribution in [3.05, 3.63) is 58.4 Å². The molecule has 7 heteroatoms. The summed E-state index contributed by atoms with van der Waals surface area (Å²) in [6.45, 7) is 5.82. The lowest BCUT2D eigenvalue weighted by atomic mass is 10.2. The molecule has 2 aromatic rings. The third-order valence-electron chi connectivity index (χ3n) is 2.98. The fraction of sp³-hybridized carbons (Fsp3) is 0.312. The molecule has 7 nitrogen and oxygen atoms in total. The van der Waals surface area contributed by atoms with Crippen LogP contribution < -0.4 is 5.32 Å². The Labute approximate surface area is 134 Å². The van der Waals surface area contributed by atoms with Crippen LogP contribution in [0.4, 0.5) is 16.2 Å². The lowest BCUT2D eigenvalue weighted by molar-refractivity contribution is -0.384. The topological polar surface area (TPSA) is 86.4 Å². The van der Waals surface area contributed by atoms with Crippen LogP contribution in [0.1, 0.15) is 26.5 Å². The van der Waals surface area contributed by atoms with Gasteiger partial charge in [0.2, 0.25) is 0 Å². The molecule has 1 aromatic heterocycles. The number of hydrogen-bond acceptors (Lipinski definition) is 5. The lowest BCUT2D eigenvalue weighted by Gasteiger charge is -2.20. The molecule has 0 aliphatic heterocycles. The van der Waals surface area contributed by atoms with Crippen LogP contribution in [0.2, 0.25) is 0 Å². The molecule has 0 aliphatic carbocycles. The van der Waals surface area contributed by atoms with Crippen molar-refractivity contribution in [1.82, 2.24) is 4.57 Å². The first kappa shape index (κ1) is 16.5. The molecule has 0 amide bonds. The summed E-state index contributed by atoms with van der Waals surface area (Å²) in [5.74, 6) is 0. The van der Waals surface area contributed by atoms with Crippen molar-refractivity contribution in [2.75, 3.05) is 5.32 Å². The molecule has 0 saturated heterocycles. The van der Waals surface area contributed by atoms with E-state index in [9.17, 15) is 14.9 Å². The van der Waals surface area contributed by atoms with Gasteiger partial charge in [-0.1, -0.05) is 0 Å². The summed E-state index contributed by atoms with van der Waals surface area (Å²) < 4.78 is 6.77. The van der Waals surface area contributed by atoms with E-state index in [1.807, 2.05) is 26.8 Å². The van der Waals surface area contributed by atoms with Gasteiger partial charge in [-0.05, 0) is 45.0 Å². The molecule has 0 bridgehead atoms. The molecule has 0 unspecified atom stereocenters. The van der Waals surface area contributed by atoms with E-state index in [1.165, 1.54) is 16.7 Å². The first-order valence-corrected chi connectivity index (χ1v) is 7.14. The number of hydrogen-bond donors (Lipinski definition) is 1. The van der Waals surface area contributed by atoms with Gasteiger partial charge in [-0.15, -0.1) is 0 Å². The third-order valence-corrected chi connectivity index (χ3v) is 2.98. The first-order valence-electron chi connectivity index (χ1n) is 7.14. The van der Waals surface area contributed by atoms with Gasteiger partial charge in [-0.25, -0.2) is 4.79 Å². The summed E-state index contributed by atoms with van der Waals surface area (Å²) >= 11 is 0. The minimum Gasteiger partial charge on any atom is -0.443 e. The summed E-state index contributed by atoms with van der Waals surface area (Å²) in [5, 5.41) is 13.7. The van der Waals surface area contributed by atoms with Crippen LogP contribution in [0.5, 0.6) is 0 Å². The average Bonchev–Trinajstić information content (AvgIpc) is 2.92. The number of nitrogens with one attached hydrogen (secondary N) is 1. The van der Waals surface area contributed by atoms with E-state index in [4.69, 9.17) is 4.74 Å². The van der Waals surface area contributed by atoms with E-state index in [-0.39, 0.29) is 5.69 Å². The Kier molecular flexibility index (Phi) is 4.68. The Bertz CT molecular complexity index is 699. The fourth-order valence-corrected chi connectivity index (χ4v) is 1.94. The predicted octanol–water partition coefficient (Wildman–Crippen LogP) is 3.79. The van der Waals surface area contributed by atoms with Gasteiger partial charge in [0.05, 0.1) is 11.5 Å². The number of anilines is 1. The van der Waals surface area contributed by atoms with E-state index >= 15 is 0 Å². The molecule has 0 spiro atoms. The highest BCUT2D eigenvalue weighted by Crippen LogP contribution is 2.17. The number of non-ortho nitro benzene ring substituents is 1. The molecule has 0 saturated carbocycles. The van der Waals surface area contributed by atoms with Gasteiger partial charge in [0, 0.05) is 29.7 Å². The standard InChI is InChI=1S/C16H19N3O4/c1-16(2,3)23-15(20)18-10-4-5-14(18)11-17-12-6-8-13(9-7-12)19(21)22/h4-10,17H,11H2,1-3H3. The number of carbonyl (C=O) groups excluding carboxylic acids is 1. The number of ether oxygens (including phenoxy) is 1. The number of nitro groups is 1. The van der Waals surface area contributed by atoms with Gasteiger partial charge in [-0.3, -0.25) is 14.7 Å². The van der Waals surface area contributed by atoms with Crippen molar-refractivity contribution in [3.63, 3.8) is 0 Å². The second-order valence-electron chi connectivity index (χ2n) is 6.01. The maximum absolute atomic E-state index is 12.1. The maximum atomic E-state index is 12.1. The molecule has 0 aliphatic rings. The van der Waals surface area contributed by atoms with E-state index < -0.39 is 16.6 Å². The Morgan fingerprint density at radius 1 is 1.26 bits per heavy atom. The molecule has 1 aromatic carbocycles. The number of carbonyl (C=O) groups is 1. The molecule has 0 fully saturated rings. The van der Waals surface area contributed by atoms with Crippen molar-refractivity contribution in [1.29, 1.82) is 0 Å². The molecule has 0 atom stereocenters. The van der Waals surface area contributed by atoms with Crippen LogP contribution in [0, 0.1) is 10.1 Å². The molecular weight excluding hydrogens is 298 g/mol. The highest BCUT2D eigenvalue weighted by Gasteiger charge is 2.19. The fourth-order valence-electron chi connectivity index (χ4n) is 1.94. The van der Waals surface area contributed by atoms with E-state index in [0.717, 1.165) is 11.4 Å². The number of nitrogens with zero attached hydrogens (tertiary/aromatic N) is 2. The highest BCUT2D eigenvalue weighted by molar-refractivity contribution is 5.72. The van der Waals surface area contributed by atoms with E-state index in [0.29, 0.717) is 6.54 Å². The second kappa shape index (κ2) is 6.51. The summed E-state index contributed by atoms with van der Waals surface area (Å²) in [6.07, 6.45) is 1.20. The van der Waals surface area contributed by atoms with Crippen LogP contribution in [-0.2, 0) is 11.3 Å². The predicted molar refractivity (Wildman–Crippen MR) is 86.5 cm³/mol. The minimum atomic E-state index is -0.565. The zero-order valence-electron chi connectivity index (χ0n) is 13.3. The quantitative estimate of drug-likeness (QED) is 0.685. The number of nitro benzene ring substituents is 1. The Hall–Kier alpha value is -2.83. The van der Waals surface area contributed by atoms with Crippen LogP contribution in [0.15, 0.2) is 42.6 Å². The summed E-state index contributed by atoms with van der Waals surface area (Å²) in [6, 6.07) is 9.67. The van der Waals surface area contributed by atoms with Gasteiger partial charge in [0.25, 0.3) is 5.69 Å². The second-order valence-corrected chi connectivity index (χ2v) is 6.01. The molecule has 23 heavy (non-hydrogen) atoms. The van der Waals surface area contributed by atoms with Crippen molar-refractivity contribution in [2.45, 2.75) is 32.9 Å².